The molecule has 0 spiro atoms. The molecule has 5 nitrogen and oxygen atoms in total. The van der Waals surface area contributed by atoms with E-state index in [9.17, 15) is 4.79 Å². The summed E-state index contributed by atoms with van der Waals surface area (Å²) in [6, 6.07) is 9.40. The van der Waals surface area contributed by atoms with Crippen molar-refractivity contribution in [2.75, 3.05) is 7.11 Å². The number of carbonyl (C=O) groups excluding carboxylic acids is 1. The molecule has 6 heteroatoms. The van der Waals surface area contributed by atoms with Crippen molar-refractivity contribution in [1.29, 1.82) is 5.41 Å². The van der Waals surface area contributed by atoms with E-state index >= 15 is 0 Å². The van der Waals surface area contributed by atoms with Crippen LogP contribution in [0.2, 0.25) is 5.02 Å². The van der Waals surface area contributed by atoms with Crippen LogP contribution < -0.4 is 15.8 Å². The number of amides is 1. The Bertz CT molecular complexity index is 800. The van der Waals surface area contributed by atoms with Crippen molar-refractivity contribution < 1.29 is 9.53 Å². The molecule has 0 aromatic heterocycles. The minimum Gasteiger partial charge on any atom is -0.495 e. The van der Waals surface area contributed by atoms with Gasteiger partial charge >= 0.3 is 0 Å². The zero-order valence-electron chi connectivity index (χ0n) is 12.9. The first kappa shape index (κ1) is 16.8. The van der Waals surface area contributed by atoms with Crippen molar-refractivity contribution in [3.8, 4) is 5.75 Å². The van der Waals surface area contributed by atoms with Crippen molar-refractivity contribution in [2.45, 2.75) is 13.3 Å². The van der Waals surface area contributed by atoms with E-state index in [-0.39, 0.29) is 0 Å². The van der Waals surface area contributed by atoms with Crippen LogP contribution in [0.4, 0.5) is 0 Å². The predicted octanol–water partition coefficient (Wildman–Crippen LogP) is 3.30. The van der Waals surface area contributed by atoms with Crippen LogP contribution in [-0.4, -0.2) is 19.0 Å². The van der Waals surface area contributed by atoms with Crippen LogP contribution in [-0.2, 0) is 4.79 Å². The van der Waals surface area contributed by atoms with Gasteiger partial charge in [0.1, 0.15) is 5.75 Å². The molecule has 0 fully saturated rings. The summed E-state index contributed by atoms with van der Waals surface area (Å²) >= 11 is 6.34. The zero-order chi connectivity index (χ0) is 17.0. The van der Waals surface area contributed by atoms with E-state index in [1.807, 2.05) is 31.2 Å². The molecule has 0 radical (unpaired) electrons. The topological polar surface area (TPSA) is 88.2 Å². The molecule has 0 saturated heterocycles. The zero-order valence-corrected chi connectivity index (χ0v) is 13.7. The average Bonchev–Trinajstić information content (AvgIpc) is 2.52. The SMILES string of the molecule is CC/C(=C\c1cc(Cl)c2ccccc2c1OC)C(=O)NC(=N)N. The molecule has 120 valence electrons. The summed E-state index contributed by atoms with van der Waals surface area (Å²) in [5.74, 6) is -0.157. The molecule has 2 rings (SSSR count). The van der Waals surface area contributed by atoms with Gasteiger partial charge in [0.25, 0.3) is 5.91 Å². The molecule has 0 bridgehead atoms. The number of methoxy groups -OCH3 is 1. The van der Waals surface area contributed by atoms with Crippen LogP contribution >= 0.6 is 11.6 Å². The van der Waals surface area contributed by atoms with Crippen LogP contribution in [0.1, 0.15) is 18.9 Å². The number of nitrogens with one attached hydrogen (secondary N) is 2. The van der Waals surface area contributed by atoms with Crippen molar-refractivity contribution in [1.82, 2.24) is 5.32 Å². The second-order valence-corrected chi connectivity index (χ2v) is 5.32. The lowest BCUT2D eigenvalue weighted by Gasteiger charge is -2.12. The fourth-order valence-corrected chi connectivity index (χ4v) is 2.66. The normalized spacial score (nSPS) is 11.3. The van der Waals surface area contributed by atoms with Crippen molar-refractivity contribution in [3.63, 3.8) is 0 Å². The first-order valence-corrected chi connectivity index (χ1v) is 7.46. The van der Waals surface area contributed by atoms with E-state index in [0.717, 1.165) is 10.8 Å². The number of hydrogen-bond donors (Lipinski definition) is 3. The molecule has 2 aromatic rings. The average molecular weight is 332 g/mol. The second-order valence-electron chi connectivity index (χ2n) is 4.92. The number of carbonyl (C=O) groups is 1. The minimum atomic E-state index is -0.411. The molecule has 0 heterocycles. The van der Waals surface area contributed by atoms with Gasteiger partial charge in [0.05, 0.1) is 7.11 Å². The molecule has 1 amide bonds. The van der Waals surface area contributed by atoms with E-state index in [1.54, 1.807) is 19.3 Å². The van der Waals surface area contributed by atoms with Gasteiger partial charge in [0.15, 0.2) is 5.96 Å². The van der Waals surface area contributed by atoms with Crippen LogP contribution in [0.25, 0.3) is 16.8 Å². The predicted molar refractivity (Wildman–Crippen MR) is 93.8 cm³/mol. The molecule has 4 N–H and O–H groups in total. The van der Waals surface area contributed by atoms with Gasteiger partial charge in [-0.1, -0.05) is 42.8 Å². The van der Waals surface area contributed by atoms with Crippen molar-refractivity contribution in [2.24, 2.45) is 5.73 Å². The summed E-state index contributed by atoms with van der Waals surface area (Å²) in [6.07, 6.45) is 2.18. The maximum absolute atomic E-state index is 12.1. The highest BCUT2D eigenvalue weighted by molar-refractivity contribution is 6.36. The molecular weight excluding hydrogens is 314 g/mol. The molecule has 0 aliphatic heterocycles. The van der Waals surface area contributed by atoms with E-state index in [4.69, 9.17) is 27.5 Å². The van der Waals surface area contributed by atoms with E-state index in [0.29, 0.717) is 28.3 Å². The summed E-state index contributed by atoms with van der Waals surface area (Å²) in [6.45, 7) is 1.85. The molecule has 0 unspecified atom stereocenters. The van der Waals surface area contributed by atoms with Gasteiger partial charge in [-0.2, -0.15) is 0 Å². The number of benzene rings is 2. The number of hydrogen-bond acceptors (Lipinski definition) is 3. The summed E-state index contributed by atoms with van der Waals surface area (Å²) in [7, 11) is 1.58. The number of guanidine groups is 1. The minimum absolute atomic E-state index is 0.391. The van der Waals surface area contributed by atoms with E-state index < -0.39 is 11.9 Å². The first-order valence-electron chi connectivity index (χ1n) is 7.09. The van der Waals surface area contributed by atoms with Gasteiger partial charge in [-0.05, 0) is 18.6 Å². The monoisotopic (exact) mass is 331 g/mol. The Labute approximate surface area is 139 Å². The van der Waals surface area contributed by atoms with Crippen molar-refractivity contribution in [3.05, 3.63) is 46.5 Å². The van der Waals surface area contributed by atoms with Crippen LogP contribution in [0.5, 0.6) is 5.75 Å². The number of rotatable bonds is 4. The molecule has 0 aliphatic carbocycles. The fourth-order valence-electron chi connectivity index (χ4n) is 2.38. The summed E-state index contributed by atoms with van der Waals surface area (Å²) in [4.78, 5) is 12.1. The highest BCUT2D eigenvalue weighted by Crippen LogP contribution is 2.36. The standard InChI is InChI=1S/C17H18ClN3O2/c1-3-10(16(22)21-17(19)20)8-11-9-14(18)12-6-4-5-7-13(12)15(11)23-2/h4-9H,3H2,1-2H3,(H4,19,20,21,22)/b10-8+. The Morgan fingerprint density at radius 2 is 2.04 bits per heavy atom. The lowest BCUT2D eigenvalue weighted by atomic mass is 10.0. The number of nitrogens with two attached hydrogens (primary N) is 1. The van der Waals surface area contributed by atoms with E-state index in [2.05, 4.69) is 5.32 Å². The Morgan fingerprint density at radius 1 is 1.39 bits per heavy atom. The highest BCUT2D eigenvalue weighted by Gasteiger charge is 2.13. The Balaban J connectivity index is 2.60. The summed E-state index contributed by atoms with van der Waals surface area (Å²) in [5, 5.41) is 11.8. The Hall–Kier alpha value is -2.53. The molecule has 2 aromatic carbocycles. The number of ether oxygens (including phenoxy) is 1. The molecule has 0 saturated carbocycles. The van der Waals surface area contributed by atoms with Gasteiger partial charge in [0, 0.05) is 26.9 Å². The van der Waals surface area contributed by atoms with Crippen LogP contribution in [0.3, 0.4) is 0 Å². The van der Waals surface area contributed by atoms with Crippen molar-refractivity contribution >= 4 is 40.3 Å². The summed E-state index contributed by atoms with van der Waals surface area (Å²) < 4.78 is 5.52. The third-order valence-electron chi connectivity index (χ3n) is 3.43. The lowest BCUT2D eigenvalue weighted by molar-refractivity contribution is -0.116. The lowest BCUT2D eigenvalue weighted by Crippen LogP contribution is -2.36. The third-order valence-corrected chi connectivity index (χ3v) is 3.74. The van der Waals surface area contributed by atoms with Gasteiger partial charge in [-0.3, -0.25) is 15.5 Å². The first-order chi connectivity index (χ1) is 11.0. The second kappa shape index (κ2) is 7.15. The maximum Gasteiger partial charge on any atom is 0.253 e. The van der Waals surface area contributed by atoms with Gasteiger partial charge in [-0.25, -0.2) is 0 Å². The molecule has 0 atom stereocenters. The van der Waals surface area contributed by atoms with Gasteiger partial charge < -0.3 is 10.5 Å². The van der Waals surface area contributed by atoms with E-state index in [1.165, 1.54) is 0 Å². The molecular formula is C17H18ClN3O2. The van der Waals surface area contributed by atoms with Crippen LogP contribution in [0.15, 0.2) is 35.9 Å². The molecule has 23 heavy (non-hydrogen) atoms. The van der Waals surface area contributed by atoms with Crippen LogP contribution in [0, 0.1) is 5.41 Å². The highest BCUT2D eigenvalue weighted by atomic mass is 35.5. The largest absolute Gasteiger partial charge is 0.495 e. The van der Waals surface area contributed by atoms with Gasteiger partial charge in [-0.15, -0.1) is 0 Å². The Kier molecular flexibility index (Phi) is 5.24. The molecule has 0 aliphatic rings. The summed E-state index contributed by atoms with van der Waals surface area (Å²) in [5.41, 5.74) is 6.39. The fraction of sp³-hybridized carbons (Fsp3) is 0.176. The quantitative estimate of drug-likeness (QED) is 0.456. The smallest absolute Gasteiger partial charge is 0.253 e. The Morgan fingerprint density at radius 3 is 2.61 bits per heavy atom. The maximum atomic E-state index is 12.1. The number of halogens is 1. The third kappa shape index (κ3) is 3.63. The number of fused-ring (bicyclic) bond motifs is 1. The van der Waals surface area contributed by atoms with Gasteiger partial charge in [0.2, 0.25) is 0 Å².